The van der Waals surface area contributed by atoms with Gasteiger partial charge in [0.15, 0.2) is 5.69 Å². The van der Waals surface area contributed by atoms with Crippen LogP contribution in [0.15, 0.2) is 110 Å². The van der Waals surface area contributed by atoms with E-state index in [1.54, 1.807) is 12.1 Å². The molecule has 0 aliphatic heterocycles. The molecule has 0 amide bonds. The van der Waals surface area contributed by atoms with E-state index < -0.39 is 0 Å². The number of phenols is 1. The lowest BCUT2D eigenvalue weighted by atomic mass is 10.2. The maximum Gasteiger partial charge on any atom is 0.350 e. The van der Waals surface area contributed by atoms with Gasteiger partial charge >= 0.3 is 11.6 Å². The summed E-state index contributed by atoms with van der Waals surface area (Å²) in [5.74, 6) is 1.56. The summed E-state index contributed by atoms with van der Waals surface area (Å²) < 4.78 is 5.07. The number of aryl methyl sites for hydroxylation is 2. The number of nitrogens with zero attached hydrogens (tertiary/aromatic N) is 8. The molecule has 0 radical (unpaired) electrons. The Labute approximate surface area is 237 Å². The van der Waals surface area contributed by atoms with Crippen LogP contribution in [-0.4, -0.2) is 33.3 Å². The molecule has 4 aromatic rings. The Morgan fingerprint density at radius 1 is 0.718 bits per heavy atom. The fraction of sp³-hybridized carbons (Fsp3) is 0.241. The van der Waals surface area contributed by atoms with Crippen LogP contribution in [0.1, 0.15) is 6.42 Å². The average molecular weight is 590 g/mol. The fourth-order valence-electron chi connectivity index (χ4n) is 3.84. The van der Waals surface area contributed by atoms with E-state index in [2.05, 4.69) is 45.9 Å². The van der Waals surface area contributed by atoms with Gasteiger partial charge in [-0.3, -0.25) is 0 Å². The first-order valence-corrected chi connectivity index (χ1v) is 13.4. The van der Waals surface area contributed by atoms with Gasteiger partial charge in [0.2, 0.25) is 0 Å². The number of aromatic nitrogens is 2. The van der Waals surface area contributed by atoms with E-state index in [4.69, 9.17) is 0 Å². The van der Waals surface area contributed by atoms with Crippen LogP contribution >= 0.6 is 15.9 Å². The van der Waals surface area contributed by atoms with Crippen LogP contribution in [0.4, 0.5) is 34.4 Å². The van der Waals surface area contributed by atoms with Crippen molar-refractivity contribution in [1.29, 1.82) is 0 Å². The second-order valence-corrected chi connectivity index (χ2v) is 10.3. The summed E-state index contributed by atoms with van der Waals surface area (Å²) in [6.07, 6.45) is 4.83. The predicted molar refractivity (Wildman–Crippen MR) is 157 cm³/mol. The Kier molecular flexibility index (Phi) is 9.32. The number of anilines is 2. The maximum atomic E-state index is 10.4. The van der Waals surface area contributed by atoms with Crippen molar-refractivity contribution in [2.75, 3.05) is 38.0 Å². The van der Waals surface area contributed by atoms with Gasteiger partial charge in [0.25, 0.3) is 0 Å². The summed E-state index contributed by atoms with van der Waals surface area (Å²) in [5, 5.41) is 28.0. The van der Waals surface area contributed by atoms with Gasteiger partial charge in [0, 0.05) is 64.2 Å². The summed E-state index contributed by atoms with van der Waals surface area (Å²) in [6, 6.07) is 23.0. The predicted octanol–water partition coefficient (Wildman–Crippen LogP) is 6.78. The minimum atomic E-state index is 0.0874. The van der Waals surface area contributed by atoms with E-state index in [1.165, 1.54) is 0 Å². The largest absolute Gasteiger partial charge is 0.505 e. The number of azo groups is 2. The first-order valence-electron chi connectivity index (χ1n) is 12.6. The molecular formula is C29H33BrN8O+2. The van der Waals surface area contributed by atoms with Gasteiger partial charge in [-0.05, 0) is 74.7 Å². The molecule has 2 aromatic carbocycles. The quantitative estimate of drug-likeness (QED) is 0.164. The molecule has 4 rings (SSSR count). The molecule has 0 fully saturated rings. The Morgan fingerprint density at radius 3 is 2.10 bits per heavy atom. The van der Waals surface area contributed by atoms with Crippen molar-refractivity contribution < 1.29 is 14.2 Å². The summed E-state index contributed by atoms with van der Waals surface area (Å²) in [5.41, 5.74) is 3.23. The van der Waals surface area contributed by atoms with Crippen LogP contribution < -0.4 is 18.9 Å². The van der Waals surface area contributed by atoms with Crippen LogP contribution in [0.2, 0.25) is 0 Å². The van der Waals surface area contributed by atoms with E-state index in [0.717, 1.165) is 40.3 Å². The zero-order valence-corrected chi connectivity index (χ0v) is 24.2. The van der Waals surface area contributed by atoms with Gasteiger partial charge in [-0.15, -0.1) is 0 Å². The second-order valence-electron chi connectivity index (χ2n) is 9.38. The van der Waals surface area contributed by atoms with Crippen LogP contribution in [0.3, 0.4) is 0 Å². The van der Waals surface area contributed by atoms with Crippen LogP contribution in [0.25, 0.3) is 0 Å². The smallest absolute Gasteiger partial charge is 0.350 e. The standard InChI is InChI=1S/C29H32BrN8O/c1-35(2)24-12-10-23(11-13-24)31-33-28-8-5-6-17-37(28)18-7-19-38-21-22(30)9-16-29(38)34-32-26-15-14-25(36(3)4)20-27(26)39/h5-6,8-17,20-21H,7,18-19H2,1-4H3/q+1/p+1. The third-order valence-electron chi connectivity index (χ3n) is 6.05. The van der Waals surface area contributed by atoms with Crippen molar-refractivity contribution in [2.45, 2.75) is 19.5 Å². The Bertz CT molecular complexity index is 1470. The Balaban J connectivity index is 1.44. The fourth-order valence-corrected chi connectivity index (χ4v) is 4.22. The first kappa shape index (κ1) is 27.8. The lowest BCUT2D eigenvalue weighted by Gasteiger charge is -2.12. The third-order valence-corrected chi connectivity index (χ3v) is 6.52. The number of rotatable bonds is 10. The van der Waals surface area contributed by atoms with E-state index in [1.807, 2.05) is 111 Å². The van der Waals surface area contributed by atoms with Crippen LogP contribution in [0, 0.1) is 0 Å². The molecule has 0 spiro atoms. The van der Waals surface area contributed by atoms with Gasteiger partial charge in [-0.2, -0.15) is 0 Å². The molecule has 0 bridgehead atoms. The number of halogens is 1. The van der Waals surface area contributed by atoms with Gasteiger partial charge in [0.05, 0.1) is 34.0 Å². The van der Waals surface area contributed by atoms with Crippen molar-refractivity contribution in [3.05, 3.63) is 89.7 Å². The number of hydrogen-bond donors (Lipinski definition) is 1. The molecule has 0 aliphatic carbocycles. The number of pyridine rings is 2. The number of hydrogen-bond acceptors (Lipinski definition) is 7. The molecule has 2 heterocycles. The van der Waals surface area contributed by atoms with E-state index >= 15 is 0 Å². The Hall–Kier alpha value is -4.18. The first-order chi connectivity index (χ1) is 18.8. The molecule has 10 heteroatoms. The zero-order valence-electron chi connectivity index (χ0n) is 22.6. The summed E-state index contributed by atoms with van der Waals surface area (Å²) in [7, 11) is 7.86. The molecule has 0 saturated carbocycles. The molecule has 39 heavy (non-hydrogen) atoms. The van der Waals surface area contributed by atoms with Crippen LogP contribution in [0.5, 0.6) is 5.75 Å². The highest BCUT2D eigenvalue weighted by Gasteiger charge is 2.14. The van der Waals surface area contributed by atoms with E-state index in [9.17, 15) is 5.11 Å². The third kappa shape index (κ3) is 7.67. The second kappa shape index (κ2) is 13.1. The highest BCUT2D eigenvalue weighted by molar-refractivity contribution is 9.10. The SMILES string of the molecule is CN(C)c1ccc(/N=N/c2cccc[n+]2CCC[n+]2cc(Br)ccc2/N=N/c2ccc(N(C)C)cc2O)cc1. The lowest BCUT2D eigenvalue weighted by molar-refractivity contribution is -0.715. The monoisotopic (exact) mass is 588 g/mol. The topological polar surface area (TPSA) is 83.9 Å². The van der Waals surface area contributed by atoms with Crippen molar-refractivity contribution in [2.24, 2.45) is 20.5 Å². The molecular weight excluding hydrogens is 556 g/mol. The molecule has 0 aliphatic rings. The minimum Gasteiger partial charge on any atom is -0.505 e. The molecule has 0 saturated heterocycles. The highest BCUT2D eigenvalue weighted by atomic mass is 79.9. The highest BCUT2D eigenvalue weighted by Crippen LogP contribution is 2.31. The number of benzene rings is 2. The van der Waals surface area contributed by atoms with Gasteiger partial charge < -0.3 is 14.9 Å². The zero-order chi connectivity index (χ0) is 27.8. The summed E-state index contributed by atoms with van der Waals surface area (Å²) in [4.78, 5) is 3.97. The van der Waals surface area contributed by atoms with Gasteiger partial charge in [-0.1, -0.05) is 6.07 Å². The molecule has 2 aromatic heterocycles. The molecule has 200 valence electrons. The van der Waals surface area contributed by atoms with Gasteiger partial charge in [0.1, 0.15) is 17.6 Å². The minimum absolute atomic E-state index is 0.0874. The van der Waals surface area contributed by atoms with Crippen molar-refractivity contribution in [1.82, 2.24) is 0 Å². The van der Waals surface area contributed by atoms with Crippen molar-refractivity contribution >= 4 is 50.3 Å². The van der Waals surface area contributed by atoms with Crippen molar-refractivity contribution in [3.63, 3.8) is 0 Å². The van der Waals surface area contributed by atoms with Crippen molar-refractivity contribution in [3.8, 4) is 5.75 Å². The molecule has 0 unspecified atom stereocenters. The number of phenolic OH excluding ortho intramolecular Hbond substituents is 1. The molecule has 9 nitrogen and oxygen atoms in total. The van der Waals surface area contributed by atoms with Crippen LogP contribution in [-0.2, 0) is 13.1 Å². The van der Waals surface area contributed by atoms with Gasteiger partial charge in [-0.25, -0.2) is 9.13 Å². The Morgan fingerprint density at radius 2 is 1.38 bits per heavy atom. The average Bonchev–Trinajstić information content (AvgIpc) is 2.92. The van der Waals surface area contributed by atoms with E-state index in [0.29, 0.717) is 18.1 Å². The normalized spacial score (nSPS) is 11.4. The summed E-state index contributed by atoms with van der Waals surface area (Å²) in [6.45, 7) is 1.46. The maximum absolute atomic E-state index is 10.4. The van der Waals surface area contributed by atoms with E-state index in [-0.39, 0.29) is 5.75 Å². The molecule has 1 N–H and O–H groups in total. The molecule has 0 atom stereocenters. The summed E-state index contributed by atoms with van der Waals surface area (Å²) >= 11 is 3.56. The lowest BCUT2D eigenvalue weighted by Crippen LogP contribution is -2.39. The number of aromatic hydroxyl groups is 1.